The number of carbonyl (C=O) groups is 1. The molecule has 0 unspecified atom stereocenters. The van der Waals surface area contributed by atoms with Crippen molar-refractivity contribution in [3.63, 3.8) is 0 Å². The average Bonchev–Trinajstić information content (AvgIpc) is 2.15. The Morgan fingerprint density at radius 2 is 2.07 bits per heavy atom. The van der Waals surface area contributed by atoms with Gasteiger partial charge >= 0.3 is 6.18 Å². The third kappa shape index (κ3) is 2.68. The topological polar surface area (TPSA) is 39.2 Å². The molecule has 0 radical (unpaired) electrons. The van der Waals surface area contributed by atoms with Crippen LogP contribution in [-0.4, -0.2) is 24.1 Å². The molecule has 0 aliphatic rings. The molecule has 0 saturated carbocycles. The Labute approximate surface area is 91.4 Å². The van der Waals surface area contributed by atoms with E-state index in [1.54, 1.807) is 0 Å². The van der Waals surface area contributed by atoms with Gasteiger partial charge in [0.15, 0.2) is 5.75 Å². The number of aromatic nitrogens is 1. The van der Waals surface area contributed by atoms with E-state index in [2.05, 4.69) is 20.9 Å². The number of rotatable bonds is 2. The van der Waals surface area contributed by atoms with Crippen molar-refractivity contribution in [2.24, 2.45) is 0 Å². The van der Waals surface area contributed by atoms with Crippen LogP contribution < -0.4 is 4.74 Å². The molecule has 15 heavy (non-hydrogen) atoms. The fraction of sp³-hybridized carbons (Fsp3) is 0.250. The van der Waals surface area contributed by atoms with Crippen molar-refractivity contribution in [3.05, 3.63) is 22.4 Å². The highest BCUT2D eigenvalue weighted by atomic mass is 79.9. The Bertz CT molecular complexity index is 392. The van der Waals surface area contributed by atoms with Crippen LogP contribution in [0.1, 0.15) is 10.5 Å². The molecule has 0 spiro atoms. The molecule has 7 heteroatoms. The molecule has 0 saturated heterocycles. The number of nitrogens with zero attached hydrogens (tertiary/aromatic N) is 1. The van der Waals surface area contributed by atoms with Gasteiger partial charge in [0.25, 0.3) is 5.78 Å². The third-order valence-electron chi connectivity index (χ3n) is 1.52. The smallest absolute Gasteiger partial charge is 0.456 e. The van der Waals surface area contributed by atoms with Gasteiger partial charge < -0.3 is 4.74 Å². The second-order valence-corrected chi connectivity index (χ2v) is 3.27. The maximum absolute atomic E-state index is 12.0. The van der Waals surface area contributed by atoms with Gasteiger partial charge in [0.05, 0.1) is 7.11 Å². The number of hydrogen-bond acceptors (Lipinski definition) is 3. The lowest BCUT2D eigenvalue weighted by Crippen LogP contribution is -2.23. The molecule has 0 N–H and O–H groups in total. The zero-order valence-corrected chi connectivity index (χ0v) is 9.02. The zero-order chi connectivity index (χ0) is 11.6. The molecule has 1 rings (SSSR count). The van der Waals surface area contributed by atoms with Crippen molar-refractivity contribution >= 4 is 21.7 Å². The van der Waals surface area contributed by atoms with Gasteiger partial charge in [-0.3, -0.25) is 4.79 Å². The largest absolute Gasteiger partial charge is 0.494 e. The van der Waals surface area contributed by atoms with Crippen LogP contribution in [0.3, 0.4) is 0 Å². The van der Waals surface area contributed by atoms with Gasteiger partial charge in [-0.15, -0.1) is 0 Å². The van der Waals surface area contributed by atoms with Crippen LogP contribution in [0.4, 0.5) is 13.2 Å². The van der Waals surface area contributed by atoms with Crippen LogP contribution in [0, 0.1) is 0 Å². The van der Waals surface area contributed by atoms with Crippen LogP contribution in [0.15, 0.2) is 16.7 Å². The van der Waals surface area contributed by atoms with E-state index in [-0.39, 0.29) is 10.4 Å². The minimum absolute atomic E-state index is 0.0556. The van der Waals surface area contributed by atoms with Crippen molar-refractivity contribution in [3.8, 4) is 5.75 Å². The van der Waals surface area contributed by atoms with Gasteiger partial charge in [-0.05, 0) is 28.1 Å². The molecule has 82 valence electrons. The summed E-state index contributed by atoms with van der Waals surface area (Å²) in [4.78, 5) is 14.2. The maximum atomic E-state index is 12.0. The Hall–Kier alpha value is -1.11. The summed E-state index contributed by atoms with van der Waals surface area (Å²) in [6.07, 6.45) is -4.92. The molecule has 1 aromatic rings. The second-order valence-electron chi connectivity index (χ2n) is 2.52. The average molecular weight is 284 g/mol. The molecule has 0 amide bonds. The van der Waals surface area contributed by atoms with E-state index in [9.17, 15) is 18.0 Å². The highest BCUT2D eigenvalue weighted by Gasteiger charge is 2.40. The fourth-order valence-electron chi connectivity index (χ4n) is 0.845. The van der Waals surface area contributed by atoms with E-state index < -0.39 is 17.7 Å². The number of halogens is 4. The number of ether oxygens (including phenoxy) is 1. The van der Waals surface area contributed by atoms with E-state index in [0.717, 1.165) is 6.07 Å². The van der Waals surface area contributed by atoms with E-state index in [4.69, 9.17) is 4.74 Å². The molecule has 1 heterocycles. The zero-order valence-electron chi connectivity index (χ0n) is 7.43. The van der Waals surface area contributed by atoms with Gasteiger partial charge in [-0.25, -0.2) is 4.98 Å². The molecule has 0 aliphatic carbocycles. The van der Waals surface area contributed by atoms with Crippen LogP contribution in [-0.2, 0) is 0 Å². The number of ketones is 1. The predicted molar refractivity (Wildman–Crippen MR) is 48.9 cm³/mol. The summed E-state index contributed by atoms with van der Waals surface area (Å²) in [5.41, 5.74) is -0.671. The summed E-state index contributed by atoms with van der Waals surface area (Å²) in [6, 6.07) is 2.19. The Morgan fingerprint density at radius 3 is 2.47 bits per heavy atom. The fourth-order valence-corrected chi connectivity index (χ4v) is 1.33. The summed E-state index contributed by atoms with van der Waals surface area (Å²) < 4.78 is 40.9. The van der Waals surface area contributed by atoms with Crippen molar-refractivity contribution in [2.75, 3.05) is 7.11 Å². The van der Waals surface area contributed by atoms with E-state index >= 15 is 0 Å². The molecule has 0 aromatic carbocycles. The van der Waals surface area contributed by atoms with E-state index in [1.165, 1.54) is 13.2 Å². The third-order valence-corrected chi connectivity index (χ3v) is 2.09. The van der Waals surface area contributed by atoms with Gasteiger partial charge in [0.2, 0.25) is 0 Å². The highest BCUT2D eigenvalue weighted by molar-refractivity contribution is 9.10. The first-order valence-corrected chi connectivity index (χ1v) is 4.47. The van der Waals surface area contributed by atoms with Crippen LogP contribution in [0.25, 0.3) is 0 Å². The molecule has 0 bridgehead atoms. The summed E-state index contributed by atoms with van der Waals surface area (Å²) in [7, 11) is 1.34. The molecule has 0 aliphatic heterocycles. The maximum Gasteiger partial charge on any atom is 0.456 e. The number of Topliss-reactive ketones (excluding diaryl/α,β-unsaturated/α-hetero) is 1. The van der Waals surface area contributed by atoms with Gasteiger partial charge in [0, 0.05) is 0 Å². The molecule has 3 nitrogen and oxygen atoms in total. The molecule has 0 atom stereocenters. The quantitative estimate of drug-likeness (QED) is 0.619. The summed E-state index contributed by atoms with van der Waals surface area (Å²) in [6.45, 7) is 0. The number of pyridine rings is 1. The van der Waals surface area contributed by atoms with E-state index in [0.29, 0.717) is 0 Å². The highest BCUT2D eigenvalue weighted by Crippen LogP contribution is 2.26. The SMILES string of the molecule is COc1ccc(C(=O)C(F)(F)F)nc1Br. The predicted octanol–water partition coefficient (Wildman–Crippen LogP) is 2.60. The van der Waals surface area contributed by atoms with Crippen LogP contribution >= 0.6 is 15.9 Å². The standard InChI is InChI=1S/C8H5BrF3NO2/c1-15-5-3-2-4(13-7(5)9)6(14)8(10,11)12/h2-3H,1H3. The van der Waals surface area contributed by atoms with Gasteiger partial charge in [-0.2, -0.15) is 13.2 Å². The minimum atomic E-state index is -4.92. The van der Waals surface area contributed by atoms with Gasteiger partial charge in [-0.1, -0.05) is 0 Å². The molecular weight excluding hydrogens is 279 g/mol. The molecular formula is C8H5BrF3NO2. The lowest BCUT2D eigenvalue weighted by molar-refractivity contribution is -0.0888. The van der Waals surface area contributed by atoms with Crippen molar-refractivity contribution in [2.45, 2.75) is 6.18 Å². The number of alkyl halides is 3. The van der Waals surface area contributed by atoms with Crippen molar-refractivity contribution < 1.29 is 22.7 Å². The first-order valence-electron chi connectivity index (χ1n) is 3.68. The summed E-state index contributed by atoms with van der Waals surface area (Å²) >= 11 is 2.89. The van der Waals surface area contributed by atoms with Gasteiger partial charge in [0.1, 0.15) is 10.3 Å². The van der Waals surface area contributed by atoms with E-state index in [1.807, 2.05) is 0 Å². The monoisotopic (exact) mass is 283 g/mol. The van der Waals surface area contributed by atoms with Crippen molar-refractivity contribution in [1.29, 1.82) is 0 Å². The first-order chi connectivity index (χ1) is 6.86. The Morgan fingerprint density at radius 1 is 1.47 bits per heavy atom. The lowest BCUT2D eigenvalue weighted by Gasteiger charge is -2.06. The number of hydrogen-bond donors (Lipinski definition) is 0. The summed E-state index contributed by atoms with van der Waals surface area (Å²) in [5.74, 6) is -1.72. The van der Waals surface area contributed by atoms with Crippen molar-refractivity contribution in [1.82, 2.24) is 4.98 Å². The molecule has 0 fully saturated rings. The molecule has 1 aromatic heterocycles. The first kappa shape index (κ1) is 12.0. The lowest BCUT2D eigenvalue weighted by atomic mass is 10.2. The Kier molecular flexibility index (Phi) is 3.33. The second kappa shape index (κ2) is 4.18. The number of methoxy groups -OCH3 is 1. The Balaban J connectivity index is 3.08. The van der Waals surface area contributed by atoms with Crippen LogP contribution in [0.2, 0.25) is 0 Å². The normalized spacial score (nSPS) is 11.3. The summed E-state index contributed by atoms with van der Waals surface area (Å²) in [5, 5.41) is 0. The minimum Gasteiger partial charge on any atom is -0.494 e. The number of carbonyl (C=O) groups excluding carboxylic acids is 1. The van der Waals surface area contributed by atoms with Crippen LogP contribution in [0.5, 0.6) is 5.75 Å².